The number of nitrogens with one attached hydrogen (secondary N) is 2. The number of aliphatic hydroxyl groups is 1. The Morgan fingerprint density at radius 3 is 2.67 bits per heavy atom. The first-order valence-corrected chi connectivity index (χ1v) is 12.4. The molecule has 2 aliphatic heterocycles. The second-order valence-electron chi connectivity index (χ2n) is 8.27. The number of hydrogen-bond acceptors (Lipinski definition) is 6. The minimum absolute atomic E-state index is 0.0527. The van der Waals surface area contributed by atoms with Gasteiger partial charge in [-0.25, -0.2) is 12.8 Å². The Bertz CT molecular complexity index is 1110. The van der Waals surface area contributed by atoms with Crippen LogP contribution in [0.1, 0.15) is 37.7 Å². The third-order valence-corrected chi connectivity index (χ3v) is 7.26. The lowest BCUT2D eigenvalue weighted by Gasteiger charge is -2.37. The van der Waals surface area contributed by atoms with Crippen LogP contribution in [0.15, 0.2) is 47.4 Å². The van der Waals surface area contributed by atoms with E-state index in [-0.39, 0.29) is 29.7 Å². The van der Waals surface area contributed by atoms with Crippen LogP contribution in [0.2, 0.25) is 0 Å². The summed E-state index contributed by atoms with van der Waals surface area (Å²) in [5, 5.41) is 12.7. The number of fused-ring (bicyclic) bond motifs is 3. The highest BCUT2D eigenvalue weighted by Crippen LogP contribution is 2.47. The Balaban J connectivity index is 1.53. The molecule has 1 fully saturated rings. The predicted octanol–water partition coefficient (Wildman–Crippen LogP) is 2.54. The van der Waals surface area contributed by atoms with Gasteiger partial charge in [-0.2, -0.15) is 0 Å². The van der Waals surface area contributed by atoms with Crippen molar-refractivity contribution in [2.75, 3.05) is 17.9 Å². The molecule has 2 heterocycles. The highest BCUT2D eigenvalue weighted by molar-refractivity contribution is 7.92. The summed E-state index contributed by atoms with van der Waals surface area (Å²) in [5.41, 5.74) is 1.13. The number of carbonyl (C=O) groups excluding carboxylic acids is 1. The fraction of sp³-hybridized carbons (Fsp3) is 0.435. The van der Waals surface area contributed by atoms with E-state index in [1.165, 1.54) is 12.1 Å². The lowest BCUT2D eigenvalue weighted by atomic mass is 9.84. The van der Waals surface area contributed by atoms with Gasteiger partial charge in [0.25, 0.3) is 10.0 Å². The molecule has 3 N–H and O–H groups in total. The Morgan fingerprint density at radius 2 is 1.97 bits per heavy atom. The molecule has 178 valence electrons. The molecule has 0 aliphatic carbocycles. The summed E-state index contributed by atoms with van der Waals surface area (Å²) in [4.78, 5) is 12.1. The van der Waals surface area contributed by atoms with Crippen LogP contribution in [0.5, 0.6) is 5.75 Å². The van der Waals surface area contributed by atoms with E-state index in [0.29, 0.717) is 24.4 Å². The molecule has 1 amide bonds. The quantitative estimate of drug-likeness (QED) is 0.537. The topological polar surface area (TPSA) is 114 Å². The molecule has 0 unspecified atom stereocenters. The molecular weight excluding hydrogens is 451 g/mol. The van der Waals surface area contributed by atoms with Crippen LogP contribution >= 0.6 is 0 Å². The minimum Gasteiger partial charge on any atom is -0.487 e. The smallest absolute Gasteiger partial charge is 0.261 e. The molecule has 8 nitrogen and oxygen atoms in total. The van der Waals surface area contributed by atoms with E-state index in [2.05, 4.69) is 10.0 Å². The Hall–Kier alpha value is -2.69. The molecule has 2 aromatic rings. The Kier molecular flexibility index (Phi) is 6.87. The van der Waals surface area contributed by atoms with Gasteiger partial charge in [0, 0.05) is 23.7 Å². The standard InChI is InChI=1S/C23H27FN2O6S/c1-2-9-25-22(28)12-16-11-19-18-10-15(5-8-20(18)32-23(19)21(13-27)31-16)26-33(29,30)17-6-3-14(24)4-7-17/h3-8,10,16,19,21,23,26-27H,2,9,11-13H2,1H3,(H,25,28)/t16-,19-,21-,23+/m0/s1. The molecular formula is C23H27FN2O6S. The predicted molar refractivity (Wildman–Crippen MR) is 119 cm³/mol. The van der Waals surface area contributed by atoms with Crippen LogP contribution in [0.3, 0.4) is 0 Å². The van der Waals surface area contributed by atoms with Crippen LogP contribution in [0, 0.1) is 5.82 Å². The summed E-state index contributed by atoms with van der Waals surface area (Å²) in [7, 11) is -3.90. The average molecular weight is 479 g/mol. The molecule has 2 aromatic carbocycles. The minimum atomic E-state index is -3.90. The van der Waals surface area contributed by atoms with Gasteiger partial charge in [-0.1, -0.05) is 6.92 Å². The highest BCUT2D eigenvalue weighted by atomic mass is 32.2. The molecule has 1 saturated heterocycles. The van der Waals surface area contributed by atoms with Gasteiger partial charge in [-0.3, -0.25) is 9.52 Å². The van der Waals surface area contributed by atoms with Crippen molar-refractivity contribution < 1.29 is 32.2 Å². The van der Waals surface area contributed by atoms with Crippen LogP contribution in [-0.4, -0.2) is 50.9 Å². The molecule has 0 spiro atoms. The van der Waals surface area contributed by atoms with Crippen LogP contribution in [0.4, 0.5) is 10.1 Å². The van der Waals surface area contributed by atoms with Crippen molar-refractivity contribution in [3.63, 3.8) is 0 Å². The van der Waals surface area contributed by atoms with E-state index >= 15 is 0 Å². The van der Waals surface area contributed by atoms with Gasteiger partial charge in [-0.15, -0.1) is 0 Å². The molecule has 10 heteroatoms. The van der Waals surface area contributed by atoms with Gasteiger partial charge in [0.1, 0.15) is 23.8 Å². The molecule has 0 aromatic heterocycles. The number of amides is 1. The molecule has 0 saturated carbocycles. The van der Waals surface area contributed by atoms with E-state index < -0.39 is 34.2 Å². The van der Waals surface area contributed by atoms with Gasteiger partial charge in [0.15, 0.2) is 0 Å². The summed E-state index contributed by atoms with van der Waals surface area (Å²) in [6.07, 6.45) is 0.0881. The first kappa shape index (κ1) is 23.5. The Morgan fingerprint density at radius 1 is 1.21 bits per heavy atom. The second-order valence-corrected chi connectivity index (χ2v) is 9.95. The molecule has 4 atom stereocenters. The maximum atomic E-state index is 13.2. The lowest BCUT2D eigenvalue weighted by molar-refractivity contribution is -0.142. The number of hydrogen-bond donors (Lipinski definition) is 3. The molecule has 33 heavy (non-hydrogen) atoms. The van der Waals surface area contributed by atoms with Gasteiger partial charge in [-0.05, 0) is 55.3 Å². The zero-order valence-electron chi connectivity index (χ0n) is 18.2. The van der Waals surface area contributed by atoms with Crippen molar-refractivity contribution in [2.45, 2.75) is 55.3 Å². The number of ether oxygens (including phenoxy) is 2. The fourth-order valence-electron chi connectivity index (χ4n) is 4.32. The van der Waals surface area contributed by atoms with E-state index in [1.54, 1.807) is 18.2 Å². The lowest BCUT2D eigenvalue weighted by Crippen LogP contribution is -2.47. The number of rotatable bonds is 8. The summed E-state index contributed by atoms with van der Waals surface area (Å²) >= 11 is 0. The largest absolute Gasteiger partial charge is 0.487 e. The van der Waals surface area contributed by atoms with Gasteiger partial charge in [0.2, 0.25) is 5.91 Å². The number of anilines is 1. The van der Waals surface area contributed by atoms with E-state index in [0.717, 1.165) is 24.1 Å². The van der Waals surface area contributed by atoms with Crippen molar-refractivity contribution in [1.29, 1.82) is 0 Å². The summed E-state index contributed by atoms with van der Waals surface area (Å²) in [6, 6.07) is 9.53. The third-order valence-electron chi connectivity index (χ3n) is 5.86. The van der Waals surface area contributed by atoms with Crippen molar-refractivity contribution >= 4 is 21.6 Å². The summed E-state index contributed by atoms with van der Waals surface area (Å²) in [6.45, 7) is 2.30. The SMILES string of the molecule is CCCNC(=O)C[C@@H]1C[C@H]2c3cc(NS(=O)(=O)c4ccc(F)cc4)ccc3O[C@H]2[C@H](CO)O1. The van der Waals surface area contributed by atoms with Gasteiger partial charge in [0.05, 0.1) is 24.0 Å². The third kappa shape index (κ3) is 5.13. The zero-order valence-corrected chi connectivity index (χ0v) is 19.0. The van der Waals surface area contributed by atoms with E-state index in [4.69, 9.17) is 9.47 Å². The van der Waals surface area contributed by atoms with Crippen LogP contribution in [0.25, 0.3) is 0 Å². The number of halogens is 1. The molecule has 0 radical (unpaired) electrons. The van der Waals surface area contributed by atoms with Crippen LogP contribution < -0.4 is 14.8 Å². The molecule has 4 rings (SSSR count). The molecule has 0 bridgehead atoms. The Labute approximate surface area is 192 Å². The summed E-state index contributed by atoms with van der Waals surface area (Å²) < 4.78 is 53.0. The van der Waals surface area contributed by atoms with E-state index in [1.807, 2.05) is 6.92 Å². The second kappa shape index (κ2) is 9.66. The number of benzene rings is 2. The molecule has 2 aliphatic rings. The number of carbonyl (C=O) groups is 1. The number of sulfonamides is 1. The van der Waals surface area contributed by atoms with Crippen molar-refractivity contribution in [1.82, 2.24) is 5.32 Å². The van der Waals surface area contributed by atoms with Crippen LogP contribution in [-0.2, 0) is 19.6 Å². The van der Waals surface area contributed by atoms with Crippen molar-refractivity contribution in [3.05, 3.63) is 53.8 Å². The average Bonchev–Trinajstić information content (AvgIpc) is 3.15. The number of aliphatic hydroxyl groups excluding tert-OH is 1. The van der Waals surface area contributed by atoms with Gasteiger partial charge < -0.3 is 19.9 Å². The monoisotopic (exact) mass is 478 g/mol. The first-order chi connectivity index (χ1) is 15.8. The fourth-order valence-corrected chi connectivity index (χ4v) is 5.37. The maximum absolute atomic E-state index is 13.2. The van der Waals surface area contributed by atoms with E-state index in [9.17, 15) is 22.7 Å². The maximum Gasteiger partial charge on any atom is 0.261 e. The first-order valence-electron chi connectivity index (χ1n) is 10.9. The van der Waals surface area contributed by atoms with Gasteiger partial charge >= 0.3 is 0 Å². The summed E-state index contributed by atoms with van der Waals surface area (Å²) in [5.74, 6) is -0.208. The highest BCUT2D eigenvalue weighted by Gasteiger charge is 2.46. The zero-order chi connectivity index (χ0) is 23.6. The normalized spacial score (nSPS) is 23.8. The van der Waals surface area contributed by atoms with Crippen molar-refractivity contribution in [3.8, 4) is 5.75 Å². The van der Waals surface area contributed by atoms with Crippen molar-refractivity contribution in [2.24, 2.45) is 0 Å².